The van der Waals surface area contributed by atoms with Gasteiger partial charge < -0.3 is 20.2 Å². The first-order chi connectivity index (χ1) is 19.3. The van der Waals surface area contributed by atoms with E-state index in [1.54, 1.807) is 24.3 Å². The predicted octanol–water partition coefficient (Wildman–Crippen LogP) is 6.41. The van der Waals surface area contributed by atoms with Crippen LogP contribution >= 0.6 is 0 Å². The summed E-state index contributed by atoms with van der Waals surface area (Å²) in [5.74, 6) is 1.66. The van der Waals surface area contributed by atoms with E-state index in [4.69, 9.17) is 4.74 Å². The van der Waals surface area contributed by atoms with Crippen LogP contribution in [-0.4, -0.2) is 65.7 Å². The number of nitrogens with one attached hydrogen (secondary N) is 1. The van der Waals surface area contributed by atoms with Gasteiger partial charge in [-0.1, -0.05) is 49.8 Å². The molecule has 216 valence electrons. The van der Waals surface area contributed by atoms with Crippen LogP contribution in [0.15, 0.2) is 78.3 Å². The molecule has 0 amide bonds. The zero-order valence-electron chi connectivity index (χ0n) is 24.7. The molecule has 0 radical (unpaired) electrons. The van der Waals surface area contributed by atoms with Crippen molar-refractivity contribution in [3.8, 4) is 11.5 Å². The van der Waals surface area contributed by atoms with Crippen LogP contribution in [0.3, 0.4) is 0 Å². The molecule has 3 fully saturated rings. The number of hydrazine groups is 1. The maximum absolute atomic E-state index is 9.65. The van der Waals surface area contributed by atoms with Gasteiger partial charge in [-0.15, -0.1) is 0 Å². The zero-order valence-corrected chi connectivity index (χ0v) is 24.7. The van der Waals surface area contributed by atoms with Crippen LogP contribution in [0.25, 0.3) is 0 Å². The second-order valence-electron chi connectivity index (χ2n) is 12.3. The number of nitrogens with zero attached hydrogens (tertiary/aromatic N) is 3. The van der Waals surface area contributed by atoms with Crippen LogP contribution in [0.5, 0.6) is 11.5 Å². The van der Waals surface area contributed by atoms with Crippen LogP contribution in [0.1, 0.15) is 70.3 Å². The number of benzene rings is 2. The Hall–Kier alpha value is -2.96. The van der Waals surface area contributed by atoms with Crippen molar-refractivity contribution in [1.82, 2.24) is 20.2 Å². The molecular formula is C34H48N4O2. The van der Waals surface area contributed by atoms with E-state index < -0.39 is 0 Å². The van der Waals surface area contributed by atoms with Crippen molar-refractivity contribution >= 4 is 0 Å². The number of phenols is 1. The summed E-state index contributed by atoms with van der Waals surface area (Å²) in [6, 6.07) is 19.7. The Labute approximate surface area is 241 Å². The van der Waals surface area contributed by atoms with Gasteiger partial charge in [-0.25, -0.2) is 5.01 Å². The first-order valence-electron chi connectivity index (χ1n) is 15.2. The van der Waals surface area contributed by atoms with E-state index in [0.717, 1.165) is 55.2 Å². The number of hydrogen-bond donors (Lipinski definition) is 2. The van der Waals surface area contributed by atoms with E-state index in [1.165, 1.54) is 57.1 Å². The number of ether oxygens (including phenoxy) is 1. The molecular weight excluding hydrogens is 496 g/mol. The molecule has 0 atom stereocenters. The van der Waals surface area contributed by atoms with Gasteiger partial charge in [-0.3, -0.25) is 4.90 Å². The highest BCUT2D eigenvalue weighted by atomic mass is 16.5. The summed E-state index contributed by atoms with van der Waals surface area (Å²) in [4.78, 5) is 5.32. The summed E-state index contributed by atoms with van der Waals surface area (Å²) in [5, 5.41) is 11.6. The molecule has 0 aliphatic carbocycles. The molecule has 3 heterocycles. The molecule has 6 heteroatoms. The Balaban J connectivity index is 1.31. The minimum absolute atomic E-state index is 0.195. The summed E-state index contributed by atoms with van der Waals surface area (Å²) < 4.78 is 6.18. The Morgan fingerprint density at radius 3 is 2.15 bits per heavy atom. The lowest BCUT2D eigenvalue weighted by Gasteiger charge is -2.49. The largest absolute Gasteiger partial charge is 0.508 e. The Morgan fingerprint density at radius 2 is 1.57 bits per heavy atom. The number of aromatic hydroxyl groups is 1. The average molecular weight is 545 g/mol. The second kappa shape index (κ2) is 12.7. The third-order valence-corrected chi connectivity index (χ3v) is 9.51. The average Bonchev–Trinajstić information content (AvgIpc) is 2.96. The highest BCUT2D eigenvalue weighted by molar-refractivity contribution is 5.35. The fourth-order valence-corrected chi connectivity index (χ4v) is 7.29. The monoisotopic (exact) mass is 544 g/mol. The molecule has 3 aliphatic rings. The summed E-state index contributed by atoms with van der Waals surface area (Å²) >= 11 is 0. The van der Waals surface area contributed by atoms with Gasteiger partial charge in [0.15, 0.2) is 0 Å². The summed E-state index contributed by atoms with van der Waals surface area (Å²) in [6.07, 6.45) is 11.9. The van der Waals surface area contributed by atoms with Crippen molar-refractivity contribution in [3.05, 3.63) is 83.9 Å². The topological polar surface area (TPSA) is 51.2 Å². The van der Waals surface area contributed by atoms with Gasteiger partial charge in [0.2, 0.25) is 0 Å². The highest BCUT2D eigenvalue weighted by Crippen LogP contribution is 2.42. The van der Waals surface area contributed by atoms with Crippen LogP contribution in [-0.2, 0) is 5.41 Å². The fraction of sp³-hybridized carbons (Fsp3) is 0.529. The number of rotatable bonds is 10. The van der Waals surface area contributed by atoms with Crippen molar-refractivity contribution < 1.29 is 9.84 Å². The molecule has 0 spiro atoms. The van der Waals surface area contributed by atoms with Crippen molar-refractivity contribution in [1.29, 1.82) is 0 Å². The van der Waals surface area contributed by atoms with E-state index >= 15 is 0 Å². The molecule has 2 N–H and O–H groups in total. The summed E-state index contributed by atoms with van der Waals surface area (Å²) in [5.41, 5.74) is 6.97. The first kappa shape index (κ1) is 28.6. The number of fused-ring (bicyclic) bond motifs is 2. The number of phenolic OH excluding ortho intramolecular Hbond substituents is 1. The maximum Gasteiger partial charge on any atom is 0.127 e. The molecule has 40 heavy (non-hydrogen) atoms. The third kappa shape index (κ3) is 6.50. The molecule has 3 aliphatic heterocycles. The first-order valence-corrected chi connectivity index (χ1v) is 15.2. The summed E-state index contributed by atoms with van der Waals surface area (Å²) in [6.45, 7) is 9.66. The minimum atomic E-state index is 0.195. The van der Waals surface area contributed by atoms with Crippen LogP contribution in [0.2, 0.25) is 0 Å². The number of likely N-dealkylation sites (tertiary alicyclic amines) is 1. The third-order valence-electron chi connectivity index (χ3n) is 9.51. The standard InChI is InChI=1S/C34H48N4O2/c1-26(33(35-36(3)4)27(2)40-32-18-16-31(39)17-19-32)37-23-20-34(21-24-37,28-10-6-5-7-11-28)22-25-38-29-12-8-13-30(38)15-9-14-29/h5-7,10-11,16-19,29-30,35,39H,1,8-9,12-15,20-25H2,2-4H3/b33-27+. The molecule has 0 unspecified atom stereocenters. The van der Waals surface area contributed by atoms with Gasteiger partial charge in [0, 0.05) is 39.3 Å². The molecule has 0 saturated carbocycles. The molecule has 2 bridgehead atoms. The molecule has 0 aromatic heterocycles. The van der Waals surface area contributed by atoms with Gasteiger partial charge >= 0.3 is 0 Å². The van der Waals surface area contributed by atoms with Gasteiger partial charge in [0.1, 0.15) is 23.0 Å². The Morgan fingerprint density at radius 1 is 0.975 bits per heavy atom. The lowest BCUT2D eigenvalue weighted by molar-refractivity contribution is 0.0291. The van der Waals surface area contributed by atoms with Crippen molar-refractivity contribution in [2.75, 3.05) is 33.7 Å². The van der Waals surface area contributed by atoms with Crippen LogP contribution < -0.4 is 10.2 Å². The SMILES string of the molecule is C=C(/C(NN(C)C)=C(/C)Oc1ccc(O)cc1)N1CCC(CCN2C3CCCC2CCC3)(c2ccccc2)CC1. The molecule has 5 rings (SSSR count). The van der Waals surface area contributed by atoms with E-state index in [0.29, 0.717) is 5.75 Å². The van der Waals surface area contributed by atoms with E-state index in [1.807, 2.05) is 26.0 Å². The second-order valence-corrected chi connectivity index (χ2v) is 12.3. The molecule has 2 aromatic rings. The number of allylic oxidation sites excluding steroid dienone is 1. The summed E-state index contributed by atoms with van der Waals surface area (Å²) in [7, 11) is 3.96. The highest BCUT2D eigenvalue weighted by Gasteiger charge is 2.40. The van der Waals surface area contributed by atoms with Gasteiger partial charge in [-0.2, -0.15) is 0 Å². The zero-order chi connectivity index (χ0) is 28.1. The van der Waals surface area contributed by atoms with Gasteiger partial charge in [0.25, 0.3) is 0 Å². The quantitative estimate of drug-likeness (QED) is 0.205. The van der Waals surface area contributed by atoms with Crippen molar-refractivity contribution in [3.63, 3.8) is 0 Å². The fourth-order valence-electron chi connectivity index (χ4n) is 7.29. The predicted molar refractivity (Wildman–Crippen MR) is 163 cm³/mol. The van der Waals surface area contributed by atoms with E-state index in [9.17, 15) is 5.11 Å². The van der Waals surface area contributed by atoms with E-state index in [2.05, 4.69) is 52.1 Å². The maximum atomic E-state index is 9.65. The number of piperidine rings is 3. The smallest absolute Gasteiger partial charge is 0.127 e. The van der Waals surface area contributed by atoms with E-state index in [-0.39, 0.29) is 11.2 Å². The molecule has 6 nitrogen and oxygen atoms in total. The van der Waals surface area contributed by atoms with Crippen LogP contribution in [0, 0.1) is 0 Å². The minimum Gasteiger partial charge on any atom is -0.508 e. The van der Waals surface area contributed by atoms with Crippen LogP contribution in [0.4, 0.5) is 0 Å². The lowest BCUT2D eigenvalue weighted by Crippen LogP contribution is -2.52. The normalized spacial score (nSPS) is 23.4. The van der Waals surface area contributed by atoms with Gasteiger partial charge in [0.05, 0.1) is 5.70 Å². The Kier molecular flexibility index (Phi) is 9.07. The number of hydrogen-bond acceptors (Lipinski definition) is 6. The van der Waals surface area contributed by atoms with Gasteiger partial charge in [-0.05, 0) is 93.7 Å². The molecule has 3 saturated heterocycles. The van der Waals surface area contributed by atoms with Crippen molar-refractivity contribution in [2.24, 2.45) is 0 Å². The molecule has 2 aromatic carbocycles. The Bertz CT molecular complexity index is 1130. The van der Waals surface area contributed by atoms with Crippen molar-refractivity contribution in [2.45, 2.75) is 82.2 Å². The lowest BCUT2D eigenvalue weighted by atomic mass is 9.70.